The van der Waals surface area contributed by atoms with E-state index in [-0.39, 0.29) is 18.1 Å². The number of amides is 1. The van der Waals surface area contributed by atoms with Gasteiger partial charge >= 0.3 is 0 Å². The minimum atomic E-state index is -0.103. The zero-order valence-corrected chi connectivity index (χ0v) is 17.4. The van der Waals surface area contributed by atoms with Gasteiger partial charge in [0.25, 0.3) is 0 Å². The first kappa shape index (κ1) is 20.4. The largest absolute Gasteiger partial charge is 0.461 e. The number of carbonyl (C=O) groups excluding carboxylic acids is 1. The molecule has 0 aliphatic heterocycles. The lowest BCUT2D eigenvalue weighted by Crippen LogP contribution is -2.33. The molecule has 0 aliphatic rings. The number of para-hydroxylation sites is 2. The van der Waals surface area contributed by atoms with Gasteiger partial charge in [-0.2, -0.15) is 5.26 Å². The molecule has 0 N–H and O–H groups in total. The van der Waals surface area contributed by atoms with Crippen LogP contribution >= 0.6 is 11.8 Å². The molecule has 0 unspecified atom stereocenters. The van der Waals surface area contributed by atoms with Crippen molar-refractivity contribution in [1.82, 2.24) is 14.8 Å². The zero-order chi connectivity index (χ0) is 21.5. The number of hydrogen-bond donors (Lipinski definition) is 0. The number of anilines is 1. The van der Waals surface area contributed by atoms with Crippen LogP contribution in [0.2, 0.25) is 0 Å². The summed E-state index contributed by atoms with van der Waals surface area (Å²) in [5.41, 5.74) is 1.64. The summed E-state index contributed by atoms with van der Waals surface area (Å²) >= 11 is 1.30. The van der Waals surface area contributed by atoms with E-state index in [2.05, 4.69) is 16.3 Å². The summed E-state index contributed by atoms with van der Waals surface area (Å²) in [4.78, 5) is 14.7. The van der Waals surface area contributed by atoms with Crippen molar-refractivity contribution >= 4 is 23.4 Å². The van der Waals surface area contributed by atoms with Crippen LogP contribution < -0.4 is 4.90 Å². The molecule has 0 aliphatic carbocycles. The molecular formula is C23H19N5O2S. The lowest BCUT2D eigenvalue weighted by Gasteiger charge is -2.21. The maximum Gasteiger partial charge on any atom is 0.237 e. The summed E-state index contributed by atoms with van der Waals surface area (Å²) in [6.07, 6.45) is 1.84. The van der Waals surface area contributed by atoms with Crippen molar-refractivity contribution < 1.29 is 9.21 Å². The van der Waals surface area contributed by atoms with Gasteiger partial charge in [-0.1, -0.05) is 48.2 Å². The lowest BCUT2D eigenvalue weighted by atomic mass is 10.2. The molecule has 2 aromatic heterocycles. The Hall–Kier alpha value is -3.83. The van der Waals surface area contributed by atoms with Gasteiger partial charge in [0.1, 0.15) is 0 Å². The average molecular weight is 430 g/mol. The number of benzene rings is 2. The van der Waals surface area contributed by atoms with Crippen molar-refractivity contribution in [3.05, 3.63) is 79.1 Å². The first-order valence-corrected chi connectivity index (χ1v) is 10.7. The molecule has 0 spiro atoms. The van der Waals surface area contributed by atoms with Gasteiger partial charge in [-0.25, -0.2) is 0 Å². The topological polar surface area (TPSA) is 87.9 Å². The summed E-state index contributed by atoms with van der Waals surface area (Å²) in [5.74, 6) is 1.21. The highest BCUT2D eigenvalue weighted by molar-refractivity contribution is 7.99. The van der Waals surface area contributed by atoms with Crippen LogP contribution in [0.25, 0.3) is 17.3 Å². The molecule has 0 radical (unpaired) electrons. The Bertz CT molecular complexity index is 1170. The number of nitrogens with zero attached hydrogens (tertiary/aromatic N) is 5. The smallest absolute Gasteiger partial charge is 0.237 e. The van der Waals surface area contributed by atoms with E-state index in [0.29, 0.717) is 23.3 Å². The predicted molar refractivity (Wildman–Crippen MR) is 119 cm³/mol. The molecule has 0 fully saturated rings. The summed E-state index contributed by atoms with van der Waals surface area (Å²) in [7, 11) is 0. The summed E-state index contributed by atoms with van der Waals surface area (Å²) in [5, 5.41) is 18.2. The monoisotopic (exact) mass is 429 g/mol. The van der Waals surface area contributed by atoms with Crippen LogP contribution in [0.1, 0.15) is 6.42 Å². The fourth-order valence-corrected chi connectivity index (χ4v) is 3.94. The third kappa shape index (κ3) is 4.68. The minimum absolute atomic E-state index is 0.103. The van der Waals surface area contributed by atoms with E-state index in [4.69, 9.17) is 9.68 Å². The van der Waals surface area contributed by atoms with Crippen molar-refractivity contribution in [3.8, 4) is 23.3 Å². The number of rotatable bonds is 8. The number of hydrogen-bond acceptors (Lipinski definition) is 6. The number of aromatic nitrogens is 3. The molecule has 0 saturated heterocycles. The van der Waals surface area contributed by atoms with Gasteiger partial charge in [0, 0.05) is 17.9 Å². The Morgan fingerprint density at radius 3 is 2.45 bits per heavy atom. The molecule has 0 saturated carbocycles. The summed E-state index contributed by atoms with van der Waals surface area (Å²) < 4.78 is 7.40. The SMILES string of the molecule is N#CCCN(C(=O)CSc1nnc(-c2ccco2)n1-c1ccccc1)c1ccccc1. The molecule has 1 amide bonds. The molecule has 2 heterocycles. The first-order chi connectivity index (χ1) is 15.3. The third-order valence-corrected chi connectivity index (χ3v) is 5.44. The van der Waals surface area contributed by atoms with Crippen LogP contribution in [0.4, 0.5) is 5.69 Å². The second-order valence-corrected chi connectivity index (χ2v) is 7.47. The Balaban J connectivity index is 1.59. The molecule has 31 heavy (non-hydrogen) atoms. The second-order valence-electron chi connectivity index (χ2n) is 6.53. The lowest BCUT2D eigenvalue weighted by molar-refractivity contribution is -0.116. The molecular weight excluding hydrogens is 410 g/mol. The predicted octanol–water partition coefficient (Wildman–Crippen LogP) is 4.57. The van der Waals surface area contributed by atoms with Gasteiger partial charge in [0.05, 0.1) is 24.5 Å². The van der Waals surface area contributed by atoms with E-state index in [1.54, 1.807) is 17.2 Å². The zero-order valence-electron chi connectivity index (χ0n) is 16.6. The van der Waals surface area contributed by atoms with Gasteiger partial charge in [-0.3, -0.25) is 9.36 Å². The first-order valence-electron chi connectivity index (χ1n) is 9.68. The fourth-order valence-electron chi connectivity index (χ4n) is 3.11. The van der Waals surface area contributed by atoms with E-state index in [1.165, 1.54) is 11.8 Å². The van der Waals surface area contributed by atoms with Gasteiger partial charge < -0.3 is 9.32 Å². The Labute approximate surface area is 183 Å². The highest BCUT2D eigenvalue weighted by atomic mass is 32.2. The normalized spacial score (nSPS) is 10.5. The average Bonchev–Trinajstić information content (AvgIpc) is 3.49. The minimum Gasteiger partial charge on any atom is -0.461 e. The maximum absolute atomic E-state index is 13.0. The molecule has 2 aromatic carbocycles. The van der Waals surface area contributed by atoms with Crippen molar-refractivity contribution in [2.75, 3.05) is 17.2 Å². The molecule has 154 valence electrons. The molecule has 4 aromatic rings. The van der Waals surface area contributed by atoms with Crippen molar-refractivity contribution in [2.24, 2.45) is 0 Å². The number of carbonyl (C=O) groups is 1. The number of nitriles is 1. The Morgan fingerprint density at radius 2 is 1.77 bits per heavy atom. The van der Waals surface area contributed by atoms with Crippen LogP contribution in [0, 0.1) is 11.3 Å². The van der Waals surface area contributed by atoms with Crippen LogP contribution in [-0.4, -0.2) is 33.0 Å². The van der Waals surface area contributed by atoms with E-state index < -0.39 is 0 Å². The standard InChI is InChI=1S/C23H19N5O2S/c24-14-8-15-27(18-9-3-1-4-10-18)21(29)17-31-23-26-25-22(20-13-7-16-30-20)28(23)19-11-5-2-6-12-19/h1-7,9-13,16H,8,15,17H2. The van der Waals surface area contributed by atoms with E-state index in [0.717, 1.165) is 11.4 Å². The highest BCUT2D eigenvalue weighted by Crippen LogP contribution is 2.28. The molecule has 0 atom stereocenters. The van der Waals surface area contributed by atoms with Crippen molar-refractivity contribution in [3.63, 3.8) is 0 Å². The fraction of sp³-hybridized carbons (Fsp3) is 0.130. The van der Waals surface area contributed by atoms with Gasteiger partial charge in [-0.05, 0) is 36.4 Å². The van der Waals surface area contributed by atoms with Crippen molar-refractivity contribution in [1.29, 1.82) is 5.26 Å². The molecule has 4 rings (SSSR count). The van der Waals surface area contributed by atoms with Gasteiger partial charge in [0.15, 0.2) is 10.9 Å². The van der Waals surface area contributed by atoms with Crippen LogP contribution in [0.3, 0.4) is 0 Å². The summed E-state index contributed by atoms with van der Waals surface area (Å²) in [6, 6.07) is 24.8. The van der Waals surface area contributed by atoms with Crippen LogP contribution in [0.15, 0.2) is 88.6 Å². The van der Waals surface area contributed by atoms with E-state index in [1.807, 2.05) is 71.3 Å². The highest BCUT2D eigenvalue weighted by Gasteiger charge is 2.21. The second kappa shape index (κ2) is 9.78. The number of thioether (sulfide) groups is 1. The Morgan fingerprint density at radius 1 is 1.03 bits per heavy atom. The maximum atomic E-state index is 13.0. The summed E-state index contributed by atoms with van der Waals surface area (Å²) in [6.45, 7) is 0.336. The van der Waals surface area contributed by atoms with Crippen molar-refractivity contribution in [2.45, 2.75) is 11.6 Å². The molecule has 7 nitrogen and oxygen atoms in total. The molecule has 0 bridgehead atoms. The quantitative estimate of drug-likeness (QED) is 0.381. The molecule has 8 heteroatoms. The van der Waals surface area contributed by atoms with Crippen LogP contribution in [0.5, 0.6) is 0 Å². The van der Waals surface area contributed by atoms with E-state index in [9.17, 15) is 4.79 Å². The van der Waals surface area contributed by atoms with E-state index >= 15 is 0 Å². The Kier molecular flexibility index (Phi) is 6.45. The van der Waals surface area contributed by atoms with Crippen LogP contribution in [-0.2, 0) is 4.79 Å². The third-order valence-electron chi connectivity index (χ3n) is 4.53. The van der Waals surface area contributed by atoms with Gasteiger partial charge in [0.2, 0.25) is 11.7 Å². The number of furan rings is 1. The van der Waals surface area contributed by atoms with Gasteiger partial charge in [-0.15, -0.1) is 10.2 Å².